The van der Waals surface area contributed by atoms with Crippen LogP contribution >= 0.6 is 0 Å². The molecule has 1 nitrogen and oxygen atoms in total. The van der Waals surface area contributed by atoms with Crippen molar-refractivity contribution in [1.82, 2.24) is 0 Å². The van der Waals surface area contributed by atoms with Gasteiger partial charge >= 0.3 is 0 Å². The number of rotatable bonds is 0. The summed E-state index contributed by atoms with van der Waals surface area (Å²) in [5.41, 5.74) is 0. The first kappa shape index (κ1) is 12.5. The number of hydrogen-bond acceptors (Lipinski definition) is 1. The van der Waals surface area contributed by atoms with Crippen molar-refractivity contribution in [3.05, 3.63) is 12.2 Å². The summed E-state index contributed by atoms with van der Waals surface area (Å²) in [6, 6.07) is 0. The maximum atomic E-state index is 11.4. The van der Waals surface area contributed by atoms with Gasteiger partial charge in [0.05, 0.1) is 0 Å². The van der Waals surface area contributed by atoms with Crippen molar-refractivity contribution >= 4 is 5.78 Å². The molecule has 0 bridgehead atoms. The van der Waals surface area contributed by atoms with Gasteiger partial charge in [-0.25, -0.2) is 0 Å². The Kier molecular flexibility index (Phi) is 7.24. The zero-order valence-electron chi connectivity index (χ0n) is 9.84. The van der Waals surface area contributed by atoms with Crippen LogP contribution in [0.25, 0.3) is 0 Å². The Morgan fingerprint density at radius 1 is 0.667 bits per heavy atom. The fourth-order valence-corrected chi connectivity index (χ4v) is 2.07. The summed E-state index contributed by atoms with van der Waals surface area (Å²) >= 11 is 0. The molecule has 0 unspecified atom stereocenters. The first-order chi connectivity index (χ1) is 7.39. The van der Waals surface area contributed by atoms with Gasteiger partial charge in [0.1, 0.15) is 5.78 Å². The Labute approximate surface area is 93.9 Å². The van der Waals surface area contributed by atoms with Crippen LogP contribution in [0.15, 0.2) is 12.2 Å². The van der Waals surface area contributed by atoms with E-state index in [1.54, 1.807) is 0 Å². The molecule has 1 rings (SSSR count). The number of ketones is 1. The molecule has 86 valence electrons. The van der Waals surface area contributed by atoms with Gasteiger partial charge in [-0.3, -0.25) is 4.79 Å². The first-order valence-corrected chi connectivity index (χ1v) is 6.56. The van der Waals surface area contributed by atoms with Crippen LogP contribution in [0, 0.1) is 0 Å². The second kappa shape index (κ2) is 8.70. The smallest absolute Gasteiger partial charge is 0.132 e. The molecule has 0 atom stereocenters. The predicted molar refractivity (Wildman–Crippen MR) is 64.9 cm³/mol. The number of carbonyl (C=O) groups excluding carboxylic acids is 1. The van der Waals surface area contributed by atoms with E-state index in [4.69, 9.17) is 0 Å². The van der Waals surface area contributed by atoms with Gasteiger partial charge in [-0.05, 0) is 32.1 Å². The summed E-state index contributed by atoms with van der Waals surface area (Å²) in [7, 11) is 0. The Morgan fingerprint density at radius 2 is 1.20 bits per heavy atom. The molecule has 0 aromatic rings. The van der Waals surface area contributed by atoms with Crippen molar-refractivity contribution in [3.8, 4) is 0 Å². The van der Waals surface area contributed by atoms with Crippen LogP contribution in [0.1, 0.15) is 70.6 Å². The van der Waals surface area contributed by atoms with Crippen LogP contribution in [0.5, 0.6) is 0 Å². The first-order valence-electron chi connectivity index (χ1n) is 6.56. The minimum Gasteiger partial charge on any atom is -0.300 e. The second-order valence-corrected chi connectivity index (χ2v) is 4.56. The molecule has 0 fully saturated rings. The lowest BCUT2D eigenvalue weighted by molar-refractivity contribution is -0.119. The summed E-state index contributed by atoms with van der Waals surface area (Å²) in [6.07, 6.45) is 17.3. The lowest BCUT2D eigenvalue weighted by Crippen LogP contribution is -1.97. The lowest BCUT2D eigenvalue weighted by Gasteiger charge is -2.02. The monoisotopic (exact) mass is 208 g/mol. The fraction of sp³-hybridized carbons (Fsp3) is 0.786. The Morgan fingerprint density at radius 3 is 2.00 bits per heavy atom. The molecular weight excluding hydrogens is 184 g/mol. The number of allylic oxidation sites excluding steroid dienone is 2. The van der Waals surface area contributed by atoms with Crippen LogP contribution in [0.2, 0.25) is 0 Å². The van der Waals surface area contributed by atoms with Crippen LogP contribution in [0.3, 0.4) is 0 Å². The highest BCUT2D eigenvalue weighted by Crippen LogP contribution is 2.12. The van der Waals surface area contributed by atoms with E-state index in [0.29, 0.717) is 5.78 Å². The van der Waals surface area contributed by atoms with Crippen molar-refractivity contribution in [1.29, 1.82) is 0 Å². The molecule has 0 amide bonds. The van der Waals surface area contributed by atoms with E-state index < -0.39 is 0 Å². The van der Waals surface area contributed by atoms with E-state index in [-0.39, 0.29) is 0 Å². The summed E-state index contributed by atoms with van der Waals surface area (Å²) in [5, 5.41) is 0. The molecule has 0 saturated heterocycles. The molecule has 1 aliphatic rings. The topological polar surface area (TPSA) is 17.1 Å². The van der Waals surface area contributed by atoms with Crippen LogP contribution in [0.4, 0.5) is 0 Å². The molecule has 0 heterocycles. The highest BCUT2D eigenvalue weighted by atomic mass is 16.1. The Hall–Kier alpha value is -0.590. The van der Waals surface area contributed by atoms with Crippen molar-refractivity contribution in [3.63, 3.8) is 0 Å². The van der Waals surface area contributed by atoms with Gasteiger partial charge in [0.25, 0.3) is 0 Å². The van der Waals surface area contributed by atoms with Crippen molar-refractivity contribution in [2.24, 2.45) is 0 Å². The third kappa shape index (κ3) is 7.35. The van der Waals surface area contributed by atoms with E-state index >= 15 is 0 Å². The average molecular weight is 208 g/mol. The standard InChI is InChI=1S/C14H24O/c15-14-12-10-8-6-4-2-1-3-5-7-9-11-13-14/h4,6H,1-3,5,7-13H2. The van der Waals surface area contributed by atoms with Crippen LogP contribution in [-0.2, 0) is 4.79 Å². The normalized spacial score (nSPS) is 22.3. The summed E-state index contributed by atoms with van der Waals surface area (Å²) in [6.45, 7) is 0. The minimum absolute atomic E-state index is 0.473. The van der Waals surface area contributed by atoms with Gasteiger partial charge in [-0.1, -0.05) is 37.8 Å². The highest BCUT2D eigenvalue weighted by molar-refractivity contribution is 5.78. The molecule has 0 saturated carbocycles. The number of carbonyl (C=O) groups is 1. The Bertz CT molecular complexity index is 194. The number of hydrogen-bond donors (Lipinski definition) is 0. The third-order valence-electron chi connectivity index (χ3n) is 3.07. The van der Waals surface area contributed by atoms with E-state index in [1.807, 2.05) is 0 Å². The molecule has 1 heteroatoms. The molecule has 0 spiro atoms. The van der Waals surface area contributed by atoms with Crippen LogP contribution in [-0.4, -0.2) is 5.78 Å². The van der Waals surface area contributed by atoms with Crippen molar-refractivity contribution in [2.75, 3.05) is 0 Å². The summed E-state index contributed by atoms with van der Waals surface area (Å²) < 4.78 is 0. The molecule has 0 aliphatic heterocycles. The van der Waals surface area contributed by atoms with Gasteiger partial charge in [-0.15, -0.1) is 0 Å². The molecule has 0 aromatic heterocycles. The highest BCUT2D eigenvalue weighted by Gasteiger charge is 2.01. The molecule has 0 N–H and O–H groups in total. The molecular formula is C14H24O. The summed E-state index contributed by atoms with van der Waals surface area (Å²) in [4.78, 5) is 11.4. The van der Waals surface area contributed by atoms with Gasteiger partial charge < -0.3 is 0 Å². The van der Waals surface area contributed by atoms with Gasteiger partial charge in [0.2, 0.25) is 0 Å². The van der Waals surface area contributed by atoms with E-state index in [2.05, 4.69) is 12.2 Å². The maximum absolute atomic E-state index is 11.4. The maximum Gasteiger partial charge on any atom is 0.132 e. The number of Topliss-reactive ketones (excluding diaryl/α,β-unsaturated/α-hetero) is 1. The second-order valence-electron chi connectivity index (χ2n) is 4.56. The quantitative estimate of drug-likeness (QED) is 0.539. The van der Waals surface area contributed by atoms with Crippen LogP contribution < -0.4 is 0 Å². The van der Waals surface area contributed by atoms with Gasteiger partial charge in [0, 0.05) is 12.8 Å². The molecule has 0 aromatic carbocycles. The SMILES string of the molecule is O=C1CCCC=CCCCCCCCC1. The zero-order valence-corrected chi connectivity index (χ0v) is 9.84. The lowest BCUT2D eigenvalue weighted by atomic mass is 10.0. The van der Waals surface area contributed by atoms with Gasteiger partial charge in [0.15, 0.2) is 0 Å². The minimum atomic E-state index is 0.473. The van der Waals surface area contributed by atoms with E-state index in [0.717, 1.165) is 32.1 Å². The summed E-state index contributed by atoms with van der Waals surface area (Å²) in [5.74, 6) is 0.473. The fourth-order valence-electron chi connectivity index (χ4n) is 2.07. The average Bonchev–Trinajstić information content (AvgIpc) is 2.24. The molecule has 15 heavy (non-hydrogen) atoms. The zero-order chi connectivity index (χ0) is 10.8. The molecule has 1 aliphatic carbocycles. The molecule has 0 radical (unpaired) electrons. The van der Waals surface area contributed by atoms with E-state index in [9.17, 15) is 4.79 Å². The largest absolute Gasteiger partial charge is 0.300 e. The Balaban J connectivity index is 2.21. The van der Waals surface area contributed by atoms with E-state index in [1.165, 1.54) is 38.5 Å². The van der Waals surface area contributed by atoms with Gasteiger partial charge in [-0.2, -0.15) is 0 Å². The van der Waals surface area contributed by atoms with Crippen molar-refractivity contribution in [2.45, 2.75) is 70.6 Å². The predicted octanol–water partition coefficient (Wildman–Crippen LogP) is 4.42. The van der Waals surface area contributed by atoms with Crippen molar-refractivity contribution < 1.29 is 4.79 Å². The third-order valence-corrected chi connectivity index (χ3v) is 3.07.